The van der Waals surface area contributed by atoms with E-state index in [2.05, 4.69) is 9.88 Å². The maximum absolute atomic E-state index is 12.9. The fraction of sp³-hybridized carbons (Fsp3) is 0.429. The molecule has 0 saturated heterocycles. The van der Waals surface area contributed by atoms with E-state index >= 15 is 0 Å². The molecule has 0 spiro atoms. The number of aromatic nitrogens is 1. The number of hydrogen-bond acceptors (Lipinski definition) is 5. The van der Waals surface area contributed by atoms with Crippen molar-refractivity contribution in [3.63, 3.8) is 0 Å². The van der Waals surface area contributed by atoms with Crippen LogP contribution in [0.25, 0.3) is 0 Å². The molecule has 8 heteroatoms. The highest BCUT2D eigenvalue weighted by Gasteiger charge is 2.32. The van der Waals surface area contributed by atoms with Crippen molar-refractivity contribution in [3.05, 3.63) is 47.8 Å². The van der Waals surface area contributed by atoms with Crippen LogP contribution in [0.3, 0.4) is 0 Å². The van der Waals surface area contributed by atoms with E-state index in [1.807, 2.05) is 36.5 Å². The van der Waals surface area contributed by atoms with Gasteiger partial charge in [-0.25, -0.2) is 4.79 Å². The number of carbonyl (C=O) groups excluding carboxylic acids is 2. The number of ether oxygens (including phenoxy) is 3. The lowest BCUT2D eigenvalue weighted by molar-refractivity contribution is -0.142. The molecule has 1 N–H and O–H groups in total. The molecule has 2 heterocycles. The third-order valence-electron chi connectivity index (χ3n) is 4.93. The quantitative estimate of drug-likeness (QED) is 0.721. The van der Waals surface area contributed by atoms with Gasteiger partial charge in [-0.3, -0.25) is 4.79 Å². The van der Waals surface area contributed by atoms with Crippen LogP contribution in [0.4, 0.5) is 4.79 Å². The van der Waals surface area contributed by atoms with Crippen LogP contribution in [0.1, 0.15) is 30.6 Å². The molecule has 156 valence electrons. The summed E-state index contributed by atoms with van der Waals surface area (Å²) in [4.78, 5) is 26.2. The number of amides is 2. The number of carbonyl (C=O) groups is 2. The van der Waals surface area contributed by atoms with Crippen LogP contribution < -0.4 is 14.8 Å². The summed E-state index contributed by atoms with van der Waals surface area (Å²) in [6, 6.07) is 9.17. The Morgan fingerprint density at radius 2 is 1.93 bits per heavy atom. The molecule has 1 aliphatic heterocycles. The monoisotopic (exact) mass is 401 g/mol. The molecule has 0 radical (unpaired) electrons. The Labute approximate surface area is 170 Å². The van der Waals surface area contributed by atoms with Gasteiger partial charge in [0.15, 0.2) is 11.5 Å². The van der Waals surface area contributed by atoms with Gasteiger partial charge in [-0.2, -0.15) is 0 Å². The van der Waals surface area contributed by atoms with Crippen LogP contribution in [-0.4, -0.2) is 55.4 Å². The van der Waals surface area contributed by atoms with Gasteiger partial charge in [0.25, 0.3) is 0 Å². The van der Waals surface area contributed by atoms with Gasteiger partial charge < -0.3 is 29.0 Å². The number of benzene rings is 1. The standard InChI is InChI=1S/C21H27N3O5/c1-4-29-19(25)9-10-22-21(26)24-13-12-23-11-5-6-16(23)20(24)15-7-8-17(27-2)18(14-15)28-3/h5-8,11,14,20H,4,9-10,12-13H2,1-3H3,(H,22,26)/t20-/m1/s1. The first-order chi connectivity index (χ1) is 14.1. The summed E-state index contributed by atoms with van der Waals surface area (Å²) in [5, 5.41) is 2.84. The number of urea groups is 1. The van der Waals surface area contributed by atoms with E-state index in [4.69, 9.17) is 14.2 Å². The third-order valence-corrected chi connectivity index (χ3v) is 4.93. The maximum atomic E-state index is 12.9. The molecule has 1 aromatic carbocycles. The van der Waals surface area contributed by atoms with Gasteiger partial charge in [0, 0.05) is 31.5 Å². The molecular formula is C21H27N3O5. The van der Waals surface area contributed by atoms with Gasteiger partial charge in [-0.05, 0) is 36.8 Å². The lowest BCUT2D eigenvalue weighted by Crippen LogP contribution is -2.47. The van der Waals surface area contributed by atoms with Gasteiger partial charge >= 0.3 is 12.0 Å². The summed E-state index contributed by atoms with van der Waals surface area (Å²) in [5.41, 5.74) is 1.94. The average molecular weight is 401 g/mol. The van der Waals surface area contributed by atoms with Crippen LogP contribution in [0.15, 0.2) is 36.5 Å². The Kier molecular flexibility index (Phi) is 6.64. The smallest absolute Gasteiger partial charge is 0.318 e. The Hall–Kier alpha value is -3.16. The zero-order valence-corrected chi connectivity index (χ0v) is 17.0. The van der Waals surface area contributed by atoms with Crippen molar-refractivity contribution in [2.24, 2.45) is 0 Å². The lowest BCUT2D eigenvalue weighted by atomic mass is 9.99. The van der Waals surface area contributed by atoms with Crippen molar-refractivity contribution in [2.75, 3.05) is 33.9 Å². The number of nitrogens with one attached hydrogen (secondary N) is 1. The van der Waals surface area contributed by atoms with Crippen molar-refractivity contribution in [1.82, 2.24) is 14.8 Å². The lowest BCUT2D eigenvalue weighted by Gasteiger charge is -2.37. The first kappa shape index (κ1) is 20.6. The number of methoxy groups -OCH3 is 2. The Morgan fingerprint density at radius 3 is 2.66 bits per heavy atom. The summed E-state index contributed by atoms with van der Waals surface area (Å²) in [5.74, 6) is 0.918. The topological polar surface area (TPSA) is 82.0 Å². The van der Waals surface area contributed by atoms with Crippen LogP contribution in [0, 0.1) is 0 Å². The molecule has 1 atom stereocenters. The van der Waals surface area contributed by atoms with Gasteiger partial charge in [0.1, 0.15) is 0 Å². The van der Waals surface area contributed by atoms with Crippen molar-refractivity contribution in [1.29, 1.82) is 0 Å². The molecule has 0 bridgehead atoms. The number of rotatable bonds is 7. The minimum Gasteiger partial charge on any atom is -0.493 e. The Balaban J connectivity index is 1.83. The highest BCUT2D eigenvalue weighted by atomic mass is 16.5. The summed E-state index contributed by atoms with van der Waals surface area (Å²) in [6.45, 7) is 3.57. The number of esters is 1. The van der Waals surface area contributed by atoms with Gasteiger partial charge in [0.2, 0.25) is 0 Å². The molecule has 1 aliphatic rings. The molecular weight excluding hydrogens is 374 g/mol. The first-order valence-corrected chi connectivity index (χ1v) is 9.66. The van der Waals surface area contributed by atoms with Crippen molar-refractivity contribution < 1.29 is 23.8 Å². The van der Waals surface area contributed by atoms with Crippen LogP contribution >= 0.6 is 0 Å². The third kappa shape index (κ3) is 4.47. The summed E-state index contributed by atoms with van der Waals surface area (Å²) >= 11 is 0. The minimum atomic E-state index is -0.322. The Bertz CT molecular complexity index is 864. The van der Waals surface area contributed by atoms with E-state index in [9.17, 15) is 9.59 Å². The Morgan fingerprint density at radius 1 is 1.14 bits per heavy atom. The van der Waals surface area contributed by atoms with Crippen LogP contribution in [-0.2, 0) is 16.1 Å². The van der Waals surface area contributed by atoms with Gasteiger partial charge in [0.05, 0.1) is 33.3 Å². The fourth-order valence-corrected chi connectivity index (χ4v) is 3.58. The molecule has 29 heavy (non-hydrogen) atoms. The van der Waals surface area contributed by atoms with E-state index in [0.717, 1.165) is 11.3 Å². The fourth-order valence-electron chi connectivity index (χ4n) is 3.58. The molecule has 3 rings (SSSR count). The van der Waals surface area contributed by atoms with Crippen molar-refractivity contribution in [2.45, 2.75) is 25.9 Å². The van der Waals surface area contributed by atoms with Gasteiger partial charge in [-0.1, -0.05) is 6.07 Å². The average Bonchev–Trinajstić information content (AvgIpc) is 3.21. The maximum Gasteiger partial charge on any atom is 0.318 e. The predicted octanol–water partition coefficient (Wildman–Crippen LogP) is 2.57. The minimum absolute atomic E-state index is 0.144. The molecule has 0 aliphatic carbocycles. The summed E-state index contributed by atoms with van der Waals surface area (Å²) in [6.07, 6.45) is 2.16. The molecule has 2 aromatic rings. The highest BCUT2D eigenvalue weighted by molar-refractivity contribution is 5.77. The van der Waals surface area contributed by atoms with Gasteiger partial charge in [-0.15, -0.1) is 0 Å². The molecule has 2 amide bonds. The van der Waals surface area contributed by atoms with Crippen molar-refractivity contribution >= 4 is 12.0 Å². The summed E-state index contributed by atoms with van der Waals surface area (Å²) in [7, 11) is 3.18. The van der Waals surface area contributed by atoms with E-state index in [0.29, 0.717) is 31.2 Å². The summed E-state index contributed by atoms with van der Waals surface area (Å²) < 4.78 is 17.8. The zero-order valence-electron chi connectivity index (χ0n) is 17.0. The second-order valence-electron chi connectivity index (χ2n) is 6.62. The van der Waals surface area contributed by atoms with Crippen LogP contribution in [0.2, 0.25) is 0 Å². The normalized spacial score (nSPS) is 15.4. The molecule has 1 aromatic heterocycles. The first-order valence-electron chi connectivity index (χ1n) is 9.66. The molecule has 8 nitrogen and oxygen atoms in total. The number of hydrogen-bond donors (Lipinski definition) is 1. The van der Waals surface area contributed by atoms with E-state index in [1.54, 1.807) is 26.0 Å². The van der Waals surface area contributed by atoms with Crippen molar-refractivity contribution in [3.8, 4) is 11.5 Å². The highest BCUT2D eigenvalue weighted by Crippen LogP contribution is 2.37. The molecule has 0 fully saturated rings. The number of nitrogens with zero attached hydrogens (tertiary/aromatic N) is 2. The van der Waals surface area contributed by atoms with Crippen LogP contribution in [0.5, 0.6) is 11.5 Å². The molecule has 0 unspecified atom stereocenters. The molecule has 0 saturated carbocycles. The second kappa shape index (κ2) is 9.36. The predicted molar refractivity (Wildman–Crippen MR) is 107 cm³/mol. The zero-order chi connectivity index (χ0) is 20.8. The van der Waals surface area contributed by atoms with E-state index in [-0.39, 0.29) is 31.0 Å². The SMILES string of the molecule is CCOC(=O)CCNC(=O)N1CCn2cccc2[C@H]1c1ccc(OC)c(OC)c1. The second-order valence-corrected chi connectivity index (χ2v) is 6.62. The largest absolute Gasteiger partial charge is 0.493 e. The van der Waals surface area contributed by atoms with E-state index in [1.165, 1.54) is 0 Å². The van der Waals surface area contributed by atoms with E-state index < -0.39 is 0 Å². The number of fused-ring (bicyclic) bond motifs is 1.